The van der Waals surface area contributed by atoms with Gasteiger partial charge >= 0.3 is 0 Å². The summed E-state index contributed by atoms with van der Waals surface area (Å²) in [5.41, 5.74) is 0. The van der Waals surface area contributed by atoms with E-state index in [9.17, 15) is 9.59 Å². The van der Waals surface area contributed by atoms with Gasteiger partial charge < -0.3 is 14.7 Å². The zero-order valence-corrected chi connectivity index (χ0v) is 10.4. The van der Waals surface area contributed by atoms with Crippen LogP contribution in [0.5, 0.6) is 0 Å². The third-order valence-corrected chi connectivity index (χ3v) is 2.87. The molecule has 0 atom stereocenters. The molecular formula is C12H17N3O3. The third-order valence-electron chi connectivity index (χ3n) is 2.87. The fourth-order valence-corrected chi connectivity index (χ4v) is 1.72. The van der Waals surface area contributed by atoms with Gasteiger partial charge in [-0.25, -0.2) is 0 Å². The summed E-state index contributed by atoms with van der Waals surface area (Å²) in [5.74, 6) is 0.708. The third kappa shape index (κ3) is 3.58. The molecule has 1 fully saturated rings. The molecule has 2 amide bonds. The summed E-state index contributed by atoms with van der Waals surface area (Å²) >= 11 is 0. The maximum atomic E-state index is 11.8. The molecule has 6 heteroatoms. The SMILES string of the molecule is CCC(=O)N(CC(=O)Nc1ccon1)CC1CC1. The molecule has 1 aromatic rings. The van der Waals surface area contributed by atoms with Gasteiger partial charge in [-0.2, -0.15) is 0 Å². The molecule has 0 saturated heterocycles. The van der Waals surface area contributed by atoms with Crippen LogP contribution in [0, 0.1) is 5.92 Å². The maximum Gasteiger partial charge on any atom is 0.245 e. The van der Waals surface area contributed by atoms with E-state index in [1.165, 1.54) is 6.26 Å². The van der Waals surface area contributed by atoms with Gasteiger partial charge in [0.25, 0.3) is 0 Å². The van der Waals surface area contributed by atoms with Gasteiger partial charge in [-0.3, -0.25) is 9.59 Å². The molecule has 1 aromatic heterocycles. The first kappa shape index (κ1) is 12.6. The number of carbonyl (C=O) groups is 2. The van der Waals surface area contributed by atoms with E-state index in [-0.39, 0.29) is 18.4 Å². The van der Waals surface area contributed by atoms with Gasteiger partial charge in [-0.1, -0.05) is 12.1 Å². The van der Waals surface area contributed by atoms with Gasteiger partial charge in [0.2, 0.25) is 11.8 Å². The lowest BCUT2D eigenvalue weighted by Gasteiger charge is -2.21. The summed E-state index contributed by atoms with van der Waals surface area (Å²) in [6.45, 7) is 2.56. The molecule has 1 heterocycles. The average Bonchev–Trinajstić information content (AvgIpc) is 3.03. The van der Waals surface area contributed by atoms with Crippen LogP contribution in [-0.4, -0.2) is 35.0 Å². The number of aromatic nitrogens is 1. The van der Waals surface area contributed by atoms with Crippen molar-refractivity contribution in [3.05, 3.63) is 12.3 Å². The molecule has 1 aliphatic rings. The van der Waals surface area contributed by atoms with Crippen LogP contribution in [0.4, 0.5) is 5.82 Å². The quantitative estimate of drug-likeness (QED) is 0.826. The highest BCUT2D eigenvalue weighted by Crippen LogP contribution is 2.29. The lowest BCUT2D eigenvalue weighted by Crippen LogP contribution is -2.39. The van der Waals surface area contributed by atoms with Crippen molar-refractivity contribution in [2.45, 2.75) is 26.2 Å². The standard InChI is InChI=1S/C12H17N3O3/c1-2-12(17)15(7-9-3-4-9)8-11(16)13-10-5-6-18-14-10/h5-6,9H,2-4,7-8H2,1H3,(H,13,14,16). The molecule has 0 bridgehead atoms. The van der Waals surface area contributed by atoms with E-state index in [0.29, 0.717) is 24.7 Å². The van der Waals surface area contributed by atoms with Crippen LogP contribution in [0.25, 0.3) is 0 Å². The summed E-state index contributed by atoms with van der Waals surface area (Å²) in [7, 11) is 0. The molecule has 0 unspecified atom stereocenters. The molecule has 1 aliphatic carbocycles. The molecule has 2 rings (SSSR count). The van der Waals surface area contributed by atoms with E-state index in [1.54, 1.807) is 17.9 Å². The Hall–Kier alpha value is -1.85. The Bertz CT molecular complexity index is 412. The zero-order chi connectivity index (χ0) is 13.0. The molecule has 6 nitrogen and oxygen atoms in total. The lowest BCUT2D eigenvalue weighted by molar-refractivity contribution is -0.134. The van der Waals surface area contributed by atoms with Gasteiger partial charge in [-0.15, -0.1) is 0 Å². The van der Waals surface area contributed by atoms with Crippen molar-refractivity contribution in [2.24, 2.45) is 5.92 Å². The van der Waals surface area contributed by atoms with Crippen LogP contribution in [0.15, 0.2) is 16.9 Å². The first-order valence-corrected chi connectivity index (χ1v) is 6.17. The molecule has 0 spiro atoms. The Balaban J connectivity index is 1.86. The zero-order valence-electron chi connectivity index (χ0n) is 10.4. The van der Waals surface area contributed by atoms with Crippen molar-refractivity contribution in [2.75, 3.05) is 18.4 Å². The Morgan fingerprint density at radius 3 is 2.89 bits per heavy atom. The van der Waals surface area contributed by atoms with Gasteiger partial charge in [0.05, 0.1) is 6.54 Å². The van der Waals surface area contributed by atoms with Gasteiger partial charge in [0, 0.05) is 19.0 Å². The second-order valence-corrected chi connectivity index (χ2v) is 4.50. The van der Waals surface area contributed by atoms with Crippen molar-refractivity contribution in [3.8, 4) is 0 Å². The smallest absolute Gasteiger partial charge is 0.245 e. The van der Waals surface area contributed by atoms with E-state index in [1.807, 2.05) is 0 Å². The van der Waals surface area contributed by atoms with Crippen molar-refractivity contribution < 1.29 is 14.1 Å². The van der Waals surface area contributed by atoms with Crippen molar-refractivity contribution in [1.82, 2.24) is 10.1 Å². The van der Waals surface area contributed by atoms with Crippen LogP contribution in [0.2, 0.25) is 0 Å². The molecule has 0 aromatic carbocycles. The van der Waals surface area contributed by atoms with Crippen LogP contribution < -0.4 is 5.32 Å². The van der Waals surface area contributed by atoms with E-state index in [0.717, 1.165) is 12.8 Å². The normalized spacial score (nSPS) is 14.3. The highest BCUT2D eigenvalue weighted by atomic mass is 16.5. The number of rotatable bonds is 6. The number of hydrogen-bond acceptors (Lipinski definition) is 4. The lowest BCUT2D eigenvalue weighted by atomic mass is 10.3. The summed E-state index contributed by atoms with van der Waals surface area (Å²) in [6, 6.07) is 1.56. The van der Waals surface area contributed by atoms with Crippen LogP contribution >= 0.6 is 0 Å². The highest BCUT2D eigenvalue weighted by Gasteiger charge is 2.27. The number of nitrogens with zero attached hydrogens (tertiary/aromatic N) is 2. The van der Waals surface area contributed by atoms with Crippen LogP contribution in [0.1, 0.15) is 26.2 Å². The van der Waals surface area contributed by atoms with E-state index in [2.05, 4.69) is 15.0 Å². The van der Waals surface area contributed by atoms with Gasteiger partial charge in [-0.05, 0) is 18.8 Å². The largest absolute Gasteiger partial charge is 0.363 e. The fraction of sp³-hybridized carbons (Fsp3) is 0.583. The van der Waals surface area contributed by atoms with Gasteiger partial charge in [0.1, 0.15) is 6.26 Å². The molecule has 98 valence electrons. The molecule has 1 saturated carbocycles. The second kappa shape index (κ2) is 5.66. The Morgan fingerprint density at radius 1 is 1.56 bits per heavy atom. The van der Waals surface area contributed by atoms with Crippen molar-refractivity contribution >= 4 is 17.6 Å². The predicted octanol–water partition coefficient (Wildman–Crippen LogP) is 1.26. The molecule has 0 radical (unpaired) electrons. The number of amides is 2. The second-order valence-electron chi connectivity index (χ2n) is 4.50. The molecular weight excluding hydrogens is 234 g/mol. The van der Waals surface area contributed by atoms with Crippen molar-refractivity contribution in [3.63, 3.8) is 0 Å². The minimum Gasteiger partial charge on any atom is -0.363 e. The van der Waals surface area contributed by atoms with Crippen LogP contribution in [-0.2, 0) is 9.59 Å². The minimum atomic E-state index is -0.244. The number of hydrogen-bond donors (Lipinski definition) is 1. The molecule has 1 N–H and O–H groups in total. The predicted molar refractivity (Wildman–Crippen MR) is 64.7 cm³/mol. The first-order chi connectivity index (χ1) is 8.69. The highest BCUT2D eigenvalue weighted by molar-refractivity contribution is 5.93. The molecule has 0 aliphatic heterocycles. The monoisotopic (exact) mass is 251 g/mol. The summed E-state index contributed by atoms with van der Waals surface area (Å²) < 4.78 is 4.62. The number of nitrogens with one attached hydrogen (secondary N) is 1. The Labute approximate surface area is 105 Å². The van der Waals surface area contributed by atoms with E-state index in [4.69, 9.17) is 0 Å². The minimum absolute atomic E-state index is 0.0113. The summed E-state index contributed by atoms with van der Waals surface area (Å²) in [6.07, 6.45) is 4.11. The summed E-state index contributed by atoms with van der Waals surface area (Å²) in [5, 5.41) is 6.18. The Morgan fingerprint density at radius 2 is 2.33 bits per heavy atom. The van der Waals surface area contributed by atoms with Gasteiger partial charge in [0.15, 0.2) is 5.82 Å². The summed E-state index contributed by atoms with van der Waals surface area (Å²) in [4.78, 5) is 25.1. The van der Waals surface area contributed by atoms with E-state index >= 15 is 0 Å². The topological polar surface area (TPSA) is 75.4 Å². The molecule has 18 heavy (non-hydrogen) atoms. The van der Waals surface area contributed by atoms with Crippen molar-refractivity contribution in [1.29, 1.82) is 0 Å². The first-order valence-electron chi connectivity index (χ1n) is 6.17. The number of anilines is 1. The number of carbonyl (C=O) groups excluding carboxylic acids is 2. The Kier molecular flexibility index (Phi) is 3.96. The van der Waals surface area contributed by atoms with Crippen LogP contribution in [0.3, 0.4) is 0 Å². The van der Waals surface area contributed by atoms with E-state index < -0.39 is 0 Å². The fourth-order valence-electron chi connectivity index (χ4n) is 1.72. The maximum absolute atomic E-state index is 11.8. The average molecular weight is 251 g/mol.